The molecular formula is C42H72N2O4S. The number of rotatable bonds is 27. The van der Waals surface area contributed by atoms with Crippen LogP contribution in [-0.2, 0) is 21.3 Å². The Morgan fingerprint density at radius 2 is 1.00 bits per heavy atom. The number of carbonyl (C=O) groups is 1. The summed E-state index contributed by atoms with van der Waals surface area (Å²) in [6.45, 7) is 12.7. The molecule has 0 saturated heterocycles. The number of likely N-dealkylation sites (N-methyl/N-ethyl adjacent to an activating group) is 1. The van der Waals surface area contributed by atoms with Crippen molar-refractivity contribution in [2.45, 2.75) is 174 Å². The molecule has 49 heavy (non-hydrogen) atoms. The van der Waals surface area contributed by atoms with Crippen LogP contribution in [0.5, 0.6) is 0 Å². The Morgan fingerprint density at radius 3 is 1.37 bits per heavy atom. The second-order valence-electron chi connectivity index (χ2n) is 13.9. The minimum atomic E-state index is -4.07. The lowest BCUT2D eigenvalue weighted by Gasteiger charge is -2.18. The molecule has 0 saturated carbocycles. The molecule has 0 aliphatic rings. The first-order valence-corrected chi connectivity index (χ1v) is 21.2. The van der Waals surface area contributed by atoms with Crippen molar-refractivity contribution in [2.24, 2.45) is 0 Å². The molecule has 0 fully saturated rings. The molecule has 6 nitrogen and oxygen atoms in total. The fourth-order valence-corrected chi connectivity index (χ4v) is 6.73. The van der Waals surface area contributed by atoms with Crippen LogP contribution in [0.4, 0.5) is 5.69 Å². The van der Waals surface area contributed by atoms with Gasteiger partial charge in [-0.05, 0) is 68.6 Å². The third-order valence-corrected chi connectivity index (χ3v) is 10.4. The minimum Gasteiger partial charge on any atom is -0.324 e. The fourth-order valence-electron chi connectivity index (χ4n) is 6.25. The molecule has 0 aromatic heterocycles. The maximum absolute atomic E-state index is 11.9. The van der Waals surface area contributed by atoms with Crippen LogP contribution in [0.2, 0.25) is 0 Å². The van der Waals surface area contributed by atoms with E-state index in [1.165, 1.54) is 134 Å². The first kappa shape index (κ1) is 44.8. The summed E-state index contributed by atoms with van der Waals surface area (Å²) >= 11 is 0. The van der Waals surface area contributed by atoms with E-state index in [4.69, 9.17) is 4.55 Å². The first-order chi connectivity index (χ1) is 23.6. The van der Waals surface area contributed by atoms with Crippen molar-refractivity contribution < 1.29 is 17.8 Å². The summed E-state index contributed by atoms with van der Waals surface area (Å²) in [4.78, 5) is 14.0. The quantitative estimate of drug-likeness (QED) is 0.0715. The van der Waals surface area contributed by atoms with Crippen molar-refractivity contribution in [2.75, 3.05) is 25.0 Å². The van der Waals surface area contributed by atoms with E-state index in [1.807, 2.05) is 32.0 Å². The average Bonchev–Trinajstić information content (AvgIpc) is 3.08. The van der Waals surface area contributed by atoms with Crippen molar-refractivity contribution >= 4 is 21.7 Å². The van der Waals surface area contributed by atoms with Gasteiger partial charge < -0.3 is 5.32 Å². The summed E-state index contributed by atoms with van der Waals surface area (Å²) < 4.78 is 31.1. The largest absolute Gasteiger partial charge is 0.324 e. The lowest BCUT2D eigenvalue weighted by Crippen LogP contribution is -2.33. The highest BCUT2D eigenvalue weighted by atomic mass is 32.2. The molecule has 2 aromatic rings. The molecule has 0 atom stereocenters. The topological polar surface area (TPSA) is 86.7 Å². The summed E-state index contributed by atoms with van der Waals surface area (Å²) in [5.41, 5.74) is 4.31. The van der Waals surface area contributed by atoms with E-state index in [0.29, 0.717) is 6.54 Å². The summed E-state index contributed by atoms with van der Waals surface area (Å²) in [7, 11) is -4.07. The number of hydrogen-bond acceptors (Lipinski definition) is 4. The average molecular weight is 701 g/mol. The van der Waals surface area contributed by atoms with E-state index >= 15 is 0 Å². The number of carbonyl (C=O) groups excluding carboxylic acids is 1. The number of unbranched alkanes of at least 4 members (excludes halogenated alkanes) is 19. The van der Waals surface area contributed by atoms with Crippen LogP contribution in [0.3, 0.4) is 0 Å². The molecule has 2 rings (SSSR count). The highest BCUT2D eigenvalue weighted by molar-refractivity contribution is 7.85. The third-order valence-electron chi connectivity index (χ3n) is 9.55. The SMILES string of the molecule is CCCCCCCCCCCCCCCCCCCCCCc1ccc(S(=O)(=O)O)cc1.CCN(CC)CC(=O)Nc1c(C)cccc1C. The molecule has 7 heteroatoms. The van der Waals surface area contributed by atoms with E-state index in [1.54, 1.807) is 12.1 Å². The Kier molecular flexibility index (Phi) is 26.0. The van der Waals surface area contributed by atoms with Crippen molar-refractivity contribution in [1.29, 1.82) is 0 Å². The third kappa shape index (κ3) is 23.0. The van der Waals surface area contributed by atoms with E-state index < -0.39 is 10.1 Å². The van der Waals surface area contributed by atoms with Crippen molar-refractivity contribution in [3.8, 4) is 0 Å². The molecule has 0 radical (unpaired) electrons. The number of benzene rings is 2. The van der Waals surface area contributed by atoms with E-state index in [2.05, 4.69) is 31.0 Å². The van der Waals surface area contributed by atoms with Crippen LogP contribution in [0, 0.1) is 13.8 Å². The maximum atomic E-state index is 11.9. The van der Waals surface area contributed by atoms with Crippen LogP contribution in [0.25, 0.3) is 0 Å². The van der Waals surface area contributed by atoms with Gasteiger partial charge in [0.1, 0.15) is 0 Å². The number of nitrogens with one attached hydrogen (secondary N) is 1. The highest BCUT2D eigenvalue weighted by Crippen LogP contribution is 2.19. The zero-order valence-electron chi connectivity index (χ0n) is 32.0. The van der Waals surface area contributed by atoms with Gasteiger partial charge in [-0.2, -0.15) is 8.42 Å². The van der Waals surface area contributed by atoms with Crippen LogP contribution in [0.15, 0.2) is 47.4 Å². The molecule has 2 aromatic carbocycles. The van der Waals surface area contributed by atoms with Gasteiger partial charge in [-0.1, -0.05) is 173 Å². The van der Waals surface area contributed by atoms with Gasteiger partial charge in [0.05, 0.1) is 11.4 Å². The van der Waals surface area contributed by atoms with Gasteiger partial charge in [-0.3, -0.25) is 14.2 Å². The fraction of sp³-hybridized carbons (Fsp3) is 0.690. The number of nitrogens with zero attached hydrogens (tertiary/aromatic N) is 1. The summed E-state index contributed by atoms with van der Waals surface area (Å²) in [6.07, 6.45) is 28.7. The molecule has 0 spiro atoms. The maximum Gasteiger partial charge on any atom is 0.294 e. The van der Waals surface area contributed by atoms with Crippen molar-refractivity contribution in [1.82, 2.24) is 4.90 Å². The Balaban J connectivity index is 0.000000591. The summed E-state index contributed by atoms with van der Waals surface area (Å²) in [6, 6.07) is 12.6. The molecule has 0 aliphatic carbocycles. The summed E-state index contributed by atoms with van der Waals surface area (Å²) in [5.74, 6) is 0.0612. The summed E-state index contributed by atoms with van der Waals surface area (Å²) in [5, 5.41) is 3.00. The Morgan fingerprint density at radius 1 is 0.612 bits per heavy atom. The van der Waals surface area contributed by atoms with Crippen LogP contribution in [0.1, 0.15) is 166 Å². The zero-order chi connectivity index (χ0) is 36.2. The zero-order valence-corrected chi connectivity index (χ0v) is 32.9. The highest BCUT2D eigenvalue weighted by Gasteiger charge is 2.10. The first-order valence-electron chi connectivity index (χ1n) is 19.8. The monoisotopic (exact) mass is 701 g/mol. The molecule has 2 N–H and O–H groups in total. The lowest BCUT2D eigenvalue weighted by atomic mass is 10.0. The van der Waals surface area contributed by atoms with Gasteiger partial charge in [0.2, 0.25) is 5.91 Å². The van der Waals surface area contributed by atoms with Crippen LogP contribution < -0.4 is 5.32 Å². The van der Waals surface area contributed by atoms with E-state index in [0.717, 1.165) is 48.3 Å². The van der Waals surface area contributed by atoms with Crippen LogP contribution in [-0.4, -0.2) is 43.4 Å². The van der Waals surface area contributed by atoms with Crippen molar-refractivity contribution in [3.63, 3.8) is 0 Å². The Labute approximate surface area is 302 Å². The Hall–Kier alpha value is -2.22. The minimum absolute atomic E-state index is 0.0234. The molecule has 0 aliphatic heterocycles. The second-order valence-corrected chi connectivity index (χ2v) is 15.3. The lowest BCUT2D eigenvalue weighted by molar-refractivity contribution is -0.117. The Bertz CT molecular complexity index is 1190. The number of para-hydroxylation sites is 1. The normalized spacial score (nSPS) is 11.4. The molecule has 1 amide bonds. The van der Waals surface area contributed by atoms with Gasteiger partial charge in [0, 0.05) is 5.69 Å². The van der Waals surface area contributed by atoms with Gasteiger partial charge >= 0.3 is 0 Å². The van der Waals surface area contributed by atoms with E-state index in [9.17, 15) is 13.2 Å². The number of aryl methyl sites for hydroxylation is 3. The predicted octanol–water partition coefficient (Wildman–Crippen LogP) is 11.9. The van der Waals surface area contributed by atoms with Crippen molar-refractivity contribution in [3.05, 3.63) is 59.2 Å². The number of amides is 1. The molecule has 280 valence electrons. The molecule has 0 heterocycles. The standard InChI is InChI=1S/C28H50O3S.C14H22N2O/c1-2-3-4-5-6-7-8-9-10-11-12-13-14-15-16-17-18-19-20-21-22-27-23-25-28(26-24-27)32(29,30)31;1-5-16(6-2)10-13(17)15-14-11(3)8-7-9-12(14)4/h23-26H,2-22H2,1H3,(H,29,30,31);7-9H,5-6,10H2,1-4H3,(H,15,17). The predicted molar refractivity (Wildman–Crippen MR) is 210 cm³/mol. The van der Waals surface area contributed by atoms with Crippen LogP contribution >= 0.6 is 0 Å². The van der Waals surface area contributed by atoms with Gasteiger partial charge in [0.15, 0.2) is 0 Å². The molecule has 0 bridgehead atoms. The molecule has 0 unspecified atom stereocenters. The molecular weight excluding hydrogens is 629 g/mol. The van der Waals surface area contributed by atoms with Gasteiger partial charge in [-0.15, -0.1) is 0 Å². The van der Waals surface area contributed by atoms with Gasteiger partial charge in [0.25, 0.3) is 10.1 Å². The number of anilines is 1. The van der Waals surface area contributed by atoms with Gasteiger partial charge in [-0.25, -0.2) is 0 Å². The smallest absolute Gasteiger partial charge is 0.294 e. The number of hydrogen-bond donors (Lipinski definition) is 2. The second kappa shape index (κ2) is 28.5. The van der Waals surface area contributed by atoms with E-state index in [-0.39, 0.29) is 10.8 Å².